The van der Waals surface area contributed by atoms with Gasteiger partial charge in [-0.25, -0.2) is 4.79 Å². The summed E-state index contributed by atoms with van der Waals surface area (Å²) >= 11 is 0. The standard InChI is InChI=1S/C13H26N2O/c1-4-12-10-8-7-9-11-15(12)13(16)14(5-2)6-3/h12H,4-11H2,1-3H3. The van der Waals surface area contributed by atoms with Crippen molar-refractivity contribution in [3.8, 4) is 0 Å². The Balaban J connectivity index is 2.68. The third kappa shape index (κ3) is 3.13. The van der Waals surface area contributed by atoms with E-state index in [0.29, 0.717) is 6.04 Å². The quantitative estimate of drug-likeness (QED) is 0.725. The van der Waals surface area contributed by atoms with Gasteiger partial charge in [0.1, 0.15) is 0 Å². The van der Waals surface area contributed by atoms with E-state index >= 15 is 0 Å². The smallest absolute Gasteiger partial charge is 0.320 e. The van der Waals surface area contributed by atoms with Crippen LogP contribution in [0.4, 0.5) is 4.79 Å². The zero-order valence-electron chi connectivity index (χ0n) is 11.0. The average Bonchev–Trinajstić information content (AvgIpc) is 2.55. The molecule has 1 heterocycles. The van der Waals surface area contributed by atoms with E-state index in [1.807, 2.05) is 4.90 Å². The average molecular weight is 226 g/mol. The van der Waals surface area contributed by atoms with Crippen LogP contribution < -0.4 is 0 Å². The molecule has 94 valence electrons. The molecule has 0 aromatic carbocycles. The minimum atomic E-state index is 0.249. The van der Waals surface area contributed by atoms with Crippen LogP contribution in [0.3, 0.4) is 0 Å². The van der Waals surface area contributed by atoms with Gasteiger partial charge in [0.25, 0.3) is 0 Å². The van der Waals surface area contributed by atoms with Gasteiger partial charge in [-0.15, -0.1) is 0 Å². The van der Waals surface area contributed by atoms with Crippen molar-refractivity contribution >= 4 is 6.03 Å². The topological polar surface area (TPSA) is 23.6 Å². The fraction of sp³-hybridized carbons (Fsp3) is 0.923. The summed E-state index contributed by atoms with van der Waals surface area (Å²) in [6.07, 6.45) is 6.00. The molecule has 0 radical (unpaired) electrons. The molecule has 3 nitrogen and oxygen atoms in total. The second-order valence-corrected chi connectivity index (χ2v) is 4.56. The Morgan fingerprint density at radius 1 is 1.19 bits per heavy atom. The fourth-order valence-corrected chi connectivity index (χ4v) is 2.53. The van der Waals surface area contributed by atoms with Crippen LogP contribution in [0.1, 0.15) is 52.9 Å². The Morgan fingerprint density at radius 3 is 2.44 bits per heavy atom. The number of nitrogens with zero attached hydrogens (tertiary/aromatic N) is 2. The highest BCUT2D eigenvalue weighted by atomic mass is 16.2. The van der Waals surface area contributed by atoms with Gasteiger partial charge in [0.05, 0.1) is 0 Å². The summed E-state index contributed by atoms with van der Waals surface area (Å²) in [5, 5.41) is 0. The van der Waals surface area contributed by atoms with Crippen molar-refractivity contribution in [3.05, 3.63) is 0 Å². The predicted molar refractivity (Wildman–Crippen MR) is 67.6 cm³/mol. The Labute approximate surface area is 99.8 Å². The van der Waals surface area contributed by atoms with Gasteiger partial charge in [-0.1, -0.05) is 19.8 Å². The molecule has 0 spiro atoms. The van der Waals surface area contributed by atoms with Crippen molar-refractivity contribution in [1.82, 2.24) is 9.80 Å². The second-order valence-electron chi connectivity index (χ2n) is 4.56. The van der Waals surface area contributed by atoms with Gasteiger partial charge in [0.2, 0.25) is 0 Å². The van der Waals surface area contributed by atoms with Crippen LogP contribution in [0.25, 0.3) is 0 Å². The number of hydrogen-bond acceptors (Lipinski definition) is 1. The summed E-state index contributed by atoms with van der Waals surface area (Å²) in [6, 6.07) is 0.717. The van der Waals surface area contributed by atoms with E-state index in [1.165, 1.54) is 25.7 Å². The van der Waals surface area contributed by atoms with Crippen LogP contribution >= 0.6 is 0 Å². The first-order valence-electron chi connectivity index (χ1n) is 6.80. The summed E-state index contributed by atoms with van der Waals surface area (Å²) in [5.74, 6) is 0. The van der Waals surface area contributed by atoms with Crippen molar-refractivity contribution in [2.45, 2.75) is 58.9 Å². The molecule has 0 N–H and O–H groups in total. The molecule has 1 atom stereocenters. The van der Waals surface area contributed by atoms with E-state index in [-0.39, 0.29) is 6.03 Å². The first-order valence-corrected chi connectivity index (χ1v) is 6.80. The van der Waals surface area contributed by atoms with E-state index in [0.717, 1.165) is 26.1 Å². The number of urea groups is 1. The Hall–Kier alpha value is -0.730. The van der Waals surface area contributed by atoms with Gasteiger partial charge >= 0.3 is 6.03 Å². The van der Waals surface area contributed by atoms with Crippen LogP contribution in [0.15, 0.2) is 0 Å². The number of likely N-dealkylation sites (tertiary alicyclic amines) is 1. The lowest BCUT2D eigenvalue weighted by Gasteiger charge is -2.34. The molecule has 0 aliphatic carbocycles. The van der Waals surface area contributed by atoms with Crippen molar-refractivity contribution in [2.75, 3.05) is 19.6 Å². The summed E-state index contributed by atoms with van der Waals surface area (Å²) in [4.78, 5) is 16.4. The minimum Gasteiger partial charge on any atom is -0.325 e. The van der Waals surface area contributed by atoms with Gasteiger partial charge in [-0.05, 0) is 33.1 Å². The molecule has 1 aliphatic rings. The molecule has 0 bridgehead atoms. The summed E-state index contributed by atoms with van der Waals surface area (Å²) in [7, 11) is 0. The normalized spacial score (nSPS) is 21.7. The molecule has 0 aromatic heterocycles. The van der Waals surface area contributed by atoms with Crippen molar-refractivity contribution < 1.29 is 4.79 Å². The number of amides is 2. The number of carbonyl (C=O) groups excluding carboxylic acids is 1. The van der Waals surface area contributed by atoms with Crippen LogP contribution in [-0.2, 0) is 0 Å². The maximum atomic E-state index is 12.3. The third-order valence-corrected chi connectivity index (χ3v) is 3.63. The molecule has 1 fully saturated rings. The predicted octanol–water partition coefficient (Wildman–Crippen LogP) is 3.10. The molecule has 0 aromatic rings. The zero-order chi connectivity index (χ0) is 12.0. The van der Waals surface area contributed by atoms with Crippen molar-refractivity contribution in [1.29, 1.82) is 0 Å². The maximum absolute atomic E-state index is 12.3. The lowest BCUT2D eigenvalue weighted by atomic mass is 10.1. The van der Waals surface area contributed by atoms with Gasteiger partial charge in [-0.3, -0.25) is 0 Å². The second kappa shape index (κ2) is 6.77. The Bertz CT molecular complexity index is 214. The number of hydrogen-bond donors (Lipinski definition) is 0. The SMILES string of the molecule is CCC1CCCCCN1C(=O)N(CC)CC. The van der Waals surface area contributed by atoms with Gasteiger partial charge in [0.15, 0.2) is 0 Å². The monoisotopic (exact) mass is 226 g/mol. The molecule has 3 heteroatoms. The van der Waals surface area contributed by atoms with Crippen molar-refractivity contribution in [2.24, 2.45) is 0 Å². The summed E-state index contributed by atoms with van der Waals surface area (Å²) in [5.41, 5.74) is 0. The fourth-order valence-electron chi connectivity index (χ4n) is 2.53. The van der Waals surface area contributed by atoms with Crippen LogP contribution in [0.5, 0.6) is 0 Å². The molecule has 1 unspecified atom stereocenters. The van der Waals surface area contributed by atoms with Crippen molar-refractivity contribution in [3.63, 3.8) is 0 Å². The maximum Gasteiger partial charge on any atom is 0.320 e. The van der Waals surface area contributed by atoms with Gasteiger partial charge < -0.3 is 9.80 Å². The molecule has 0 saturated carbocycles. The Kier molecular flexibility index (Phi) is 5.64. The highest BCUT2D eigenvalue weighted by molar-refractivity contribution is 5.74. The van der Waals surface area contributed by atoms with E-state index < -0.39 is 0 Å². The molecule has 16 heavy (non-hydrogen) atoms. The number of carbonyl (C=O) groups is 1. The molecule has 1 aliphatic heterocycles. The lowest BCUT2D eigenvalue weighted by Crippen LogP contribution is -2.47. The van der Waals surface area contributed by atoms with E-state index in [4.69, 9.17) is 0 Å². The van der Waals surface area contributed by atoms with E-state index in [9.17, 15) is 4.79 Å². The summed E-state index contributed by atoms with van der Waals surface area (Å²) < 4.78 is 0. The first kappa shape index (κ1) is 13.3. The van der Waals surface area contributed by atoms with Crippen LogP contribution in [-0.4, -0.2) is 41.5 Å². The molecule has 1 rings (SSSR count). The highest BCUT2D eigenvalue weighted by Gasteiger charge is 2.26. The van der Waals surface area contributed by atoms with Crippen LogP contribution in [0.2, 0.25) is 0 Å². The molecular formula is C13H26N2O. The number of rotatable bonds is 3. The Morgan fingerprint density at radius 2 is 1.88 bits per heavy atom. The lowest BCUT2D eigenvalue weighted by molar-refractivity contribution is 0.136. The van der Waals surface area contributed by atoms with E-state index in [1.54, 1.807) is 0 Å². The van der Waals surface area contributed by atoms with Crippen LogP contribution in [0, 0.1) is 0 Å². The highest BCUT2D eigenvalue weighted by Crippen LogP contribution is 2.20. The first-order chi connectivity index (χ1) is 7.74. The van der Waals surface area contributed by atoms with Gasteiger partial charge in [-0.2, -0.15) is 0 Å². The minimum absolute atomic E-state index is 0.249. The van der Waals surface area contributed by atoms with Gasteiger partial charge in [0, 0.05) is 25.7 Å². The molecule has 1 saturated heterocycles. The third-order valence-electron chi connectivity index (χ3n) is 3.63. The molecule has 2 amide bonds. The molecular weight excluding hydrogens is 200 g/mol. The largest absolute Gasteiger partial charge is 0.325 e. The van der Waals surface area contributed by atoms with E-state index in [2.05, 4.69) is 25.7 Å². The summed E-state index contributed by atoms with van der Waals surface area (Å²) in [6.45, 7) is 8.90. The zero-order valence-corrected chi connectivity index (χ0v) is 11.0.